The van der Waals surface area contributed by atoms with Crippen LogP contribution in [0.5, 0.6) is 5.75 Å². The lowest BCUT2D eigenvalue weighted by Crippen LogP contribution is -2.80. The van der Waals surface area contributed by atoms with Crippen LogP contribution in [0, 0.1) is 11.3 Å². The van der Waals surface area contributed by atoms with Crippen molar-refractivity contribution in [2.24, 2.45) is 11.3 Å². The Labute approximate surface area is 164 Å². The molecule has 6 heteroatoms. The quantitative estimate of drug-likeness (QED) is 0.592. The van der Waals surface area contributed by atoms with Crippen LogP contribution in [-0.4, -0.2) is 61.6 Å². The first-order valence-electron chi connectivity index (χ1n) is 10.2. The SMILES string of the molecule is C/C=C1/CN2CC[C@@]34c5cc(O)ccc5N(C)[C@]35OCC4(C(=O)OC)C1C[C@H]25. The van der Waals surface area contributed by atoms with Crippen LogP contribution in [0.2, 0.25) is 0 Å². The number of ether oxygens (including phenoxy) is 2. The molecule has 6 nitrogen and oxygen atoms in total. The molecule has 1 aliphatic carbocycles. The van der Waals surface area contributed by atoms with E-state index in [0.29, 0.717) is 6.61 Å². The van der Waals surface area contributed by atoms with E-state index in [1.807, 2.05) is 12.1 Å². The van der Waals surface area contributed by atoms with Gasteiger partial charge in [-0.3, -0.25) is 9.69 Å². The van der Waals surface area contributed by atoms with Crippen molar-refractivity contribution in [2.75, 3.05) is 38.8 Å². The molecule has 0 aromatic heterocycles. The summed E-state index contributed by atoms with van der Waals surface area (Å²) in [4.78, 5) is 18.4. The van der Waals surface area contributed by atoms with Crippen LogP contribution in [0.25, 0.3) is 0 Å². The average molecular weight is 382 g/mol. The average Bonchev–Trinajstić information content (AvgIpc) is 3.08. The number of fused-ring (bicyclic) bond motifs is 3. The molecule has 2 unspecified atom stereocenters. The van der Waals surface area contributed by atoms with Crippen LogP contribution in [0.3, 0.4) is 0 Å². The summed E-state index contributed by atoms with van der Waals surface area (Å²) < 4.78 is 12.2. The largest absolute Gasteiger partial charge is 0.508 e. The summed E-state index contributed by atoms with van der Waals surface area (Å²) in [5.41, 5.74) is 1.54. The Morgan fingerprint density at radius 3 is 3.00 bits per heavy atom. The molecule has 0 radical (unpaired) electrons. The molecule has 28 heavy (non-hydrogen) atoms. The minimum absolute atomic E-state index is 0.101. The van der Waals surface area contributed by atoms with Crippen molar-refractivity contribution in [1.82, 2.24) is 4.90 Å². The van der Waals surface area contributed by atoms with E-state index in [-0.39, 0.29) is 23.7 Å². The molecule has 148 valence electrons. The number of nitrogens with zero attached hydrogens (tertiary/aromatic N) is 2. The Morgan fingerprint density at radius 2 is 2.25 bits per heavy atom. The van der Waals surface area contributed by atoms with Crippen molar-refractivity contribution in [2.45, 2.75) is 36.9 Å². The normalized spacial score (nSPS) is 44.0. The molecule has 6 rings (SSSR count). The number of carbonyl (C=O) groups is 1. The van der Waals surface area contributed by atoms with Crippen LogP contribution in [0.4, 0.5) is 5.69 Å². The number of hydrogen-bond donors (Lipinski definition) is 1. The number of likely N-dealkylation sites (N-methyl/N-ethyl adjacent to an activating group) is 1. The maximum absolute atomic E-state index is 13.6. The zero-order chi connectivity index (χ0) is 19.5. The van der Waals surface area contributed by atoms with Gasteiger partial charge in [0.05, 0.1) is 25.2 Å². The number of methoxy groups -OCH3 is 1. The molecule has 1 saturated carbocycles. The van der Waals surface area contributed by atoms with Crippen molar-refractivity contribution in [3.8, 4) is 5.75 Å². The second-order valence-electron chi connectivity index (χ2n) is 9.00. The standard InChI is InChI=1S/C22H26N2O4/c1-4-13-11-24-8-7-21-16-9-14(25)5-6-17(16)23(2)22(21)18(24)10-15(13)20(21,12-28-22)19(26)27-3/h4-6,9,15,18,25H,7-8,10-12H2,1-3H3/b13-4-/t15?,18-,20?,21-,22+/m0/s1. The summed E-state index contributed by atoms with van der Waals surface area (Å²) in [5.74, 6) is 0.170. The van der Waals surface area contributed by atoms with Crippen LogP contribution in [0.15, 0.2) is 29.8 Å². The molecule has 5 atom stereocenters. The first-order chi connectivity index (χ1) is 13.5. The van der Waals surface area contributed by atoms with Crippen LogP contribution in [-0.2, 0) is 19.7 Å². The summed E-state index contributed by atoms with van der Waals surface area (Å²) in [5, 5.41) is 10.4. The van der Waals surface area contributed by atoms with E-state index >= 15 is 0 Å². The Kier molecular flexibility index (Phi) is 2.96. The Balaban J connectivity index is 1.75. The van der Waals surface area contributed by atoms with Crippen molar-refractivity contribution in [3.63, 3.8) is 0 Å². The number of phenolic OH excluding ortho intramolecular Hbond substituents is 1. The van der Waals surface area contributed by atoms with Gasteiger partial charge in [-0.1, -0.05) is 11.6 Å². The highest BCUT2D eigenvalue weighted by Gasteiger charge is 2.86. The van der Waals surface area contributed by atoms with Gasteiger partial charge in [0.25, 0.3) is 0 Å². The Bertz CT molecular complexity index is 944. The highest BCUT2D eigenvalue weighted by molar-refractivity contribution is 5.86. The highest BCUT2D eigenvalue weighted by Crippen LogP contribution is 2.76. The minimum atomic E-state index is -0.764. The smallest absolute Gasteiger partial charge is 0.315 e. The minimum Gasteiger partial charge on any atom is -0.508 e. The molecule has 0 spiro atoms. The molecule has 4 heterocycles. The third-order valence-corrected chi connectivity index (χ3v) is 8.67. The van der Waals surface area contributed by atoms with Crippen LogP contribution in [0.1, 0.15) is 25.3 Å². The van der Waals surface area contributed by atoms with E-state index in [2.05, 4.69) is 29.8 Å². The van der Waals surface area contributed by atoms with E-state index < -0.39 is 16.6 Å². The second kappa shape index (κ2) is 4.92. The molecule has 0 amide bonds. The van der Waals surface area contributed by atoms with Crippen molar-refractivity contribution >= 4 is 11.7 Å². The lowest BCUT2D eigenvalue weighted by molar-refractivity contribution is -0.184. The van der Waals surface area contributed by atoms with Gasteiger partial charge in [0.15, 0.2) is 5.72 Å². The predicted molar refractivity (Wildman–Crippen MR) is 103 cm³/mol. The van der Waals surface area contributed by atoms with Crippen LogP contribution >= 0.6 is 0 Å². The maximum atomic E-state index is 13.6. The fourth-order valence-corrected chi connectivity index (χ4v) is 7.78. The number of allylic oxidation sites excluding steroid dienone is 1. The summed E-state index contributed by atoms with van der Waals surface area (Å²) in [7, 11) is 3.58. The van der Waals surface area contributed by atoms with Gasteiger partial charge in [-0.05, 0) is 43.5 Å². The topological polar surface area (TPSA) is 62.2 Å². The van der Waals surface area contributed by atoms with Gasteiger partial charge in [0.1, 0.15) is 11.2 Å². The van der Waals surface area contributed by atoms with E-state index in [1.165, 1.54) is 12.7 Å². The number of anilines is 1. The number of piperidine rings is 2. The van der Waals surface area contributed by atoms with E-state index in [9.17, 15) is 9.90 Å². The fourth-order valence-electron chi connectivity index (χ4n) is 7.78. The number of hydrogen-bond acceptors (Lipinski definition) is 6. The molecule has 5 aliphatic rings. The number of esters is 1. The molecular formula is C22H26N2O4. The lowest BCUT2D eigenvalue weighted by atomic mass is 9.43. The number of carbonyl (C=O) groups excluding carboxylic acids is 1. The Hall–Kier alpha value is -2.05. The third kappa shape index (κ3) is 1.37. The molecule has 4 fully saturated rings. The number of aromatic hydroxyl groups is 1. The van der Waals surface area contributed by atoms with Crippen molar-refractivity contribution in [3.05, 3.63) is 35.4 Å². The van der Waals surface area contributed by atoms with Crippen LogP contribution < -0.4 is 4.90 Å². The molecule has 4 aliphatic heterocycles. The monoisotopic (exact) mass is 382 g/mol. The molecule has 1 aromatic rings. The predicted octanol–water partition coefficient (Wildman–Crippen LogP) is 2.02. The van der Waals surface area contributed by atoms with E-state index in [0.717, 1.165) is 37.2 Å². The third-order valence-electron chi connectivity index (χ3n) is 8.67. The summed E-state index contributed by atoms with van der Waals surface area (Å²) in [6.45, 7) is 4.25. The van der Waals surface area contributed by atoms with Gasteiger partial charge in [-0.2, -0.15) is 0 Å². The molecule has 1 N–H and O–H groups in total. The number of benzene rings is 1. The zero-order valence-corrected chi connectivity index (χ0v) is 16.6. The molecular weight excluding hydrogens is 356 g/mol. The first kappa shape index (κ1) is 16.9. The van der Waals surface area contributed by atoms with E-state index in [4.69, 9.17) is 9.47 Å². The van der Waals surface area contributed by atoms with Gasteiger partial charge < -0.3 is 19.5 Å². The van der Waals surface area contributed by atoms with Gasteiger partial charge in [0.2, 0.25) is 0 Å². The number of phenols is 1. The molecule has 5 bridgehead atoms. The number of rotatable bonds is 1. The van der Waals surface area contributed by atoms with Crippen molar-refractivity contribution in [1.29, 1.82) is 0 Å². The summed E-state index contributed by atoms with van der Waals surface area (Å²) in [6, 6.07) is 5.79. The second-order valence-corrected chi connectivity index (χ2v) is 9.00. The van der Waals surface area contributed by atoms with E-state index in [1.54, 1.807) is 6.07 Å². The summed E-state index contributed by atoms with van der Waals surface area (Å²) >= 11 is 0. The van der Waals surface area contributed by atoms with Crippen molar-refractivity contribution < 1.29 is 19.4 Å². The zero-order valence-electron chi connectivity index (χ0n) is 16.6. The first-order valence-corrected chi connectivity index (χ1v) is 10.2. The Morgan fingerprint density at radius 1 is 1.43 bits per heavy atom. The molecule has 3 saturated heterocycles. The highest BCUT2D eigenvalue weighted by atomic mass is 16.6. The summed E-state index contributed by atoms with van der Waals surface area (Å²) in [6.07, 6.45) is 3.92. The lowest BCUT2D eigenvalue weighted by Gasteiger charge is -2.66. The van der Waals surface area contributed by atoms with Gasteiger partial charge >= 0.3 is 5.97 Å². The van der Waals surface area contributed by atoms with Gasteiger partial charge in [-0.15, -0.1) is 0 Å². The fraction of sp³-hybridized carbons (Fsp3) is 0.591. The van der Waals surface area contributed by atoms with Gasteiger partial charge in [-0.25, -0.2) is 0 Å². The molecule has 1 aromatic carbocycles. The van der Waals surface area contributed by atoms with Gasteiger partial charge in [0, 0.05) is 31.7 Å². The maximum Gasteiger partial charge on any atom is 0.315 e.